The summed E-state index contributed by atoms with van der Waals surface area (Å²) in [5.74, 6) is 0.764. The number of aliphatic imine (C=N–C) groups is 1. The molecule has 0 aliphatic carbocycles. The molecule has 0 bridgehead atoms. The van der Waals surface area contributed by atoms with E-state index in [1.54, 1.807) is 0 Å². The molecule has 1 aromatic heterocycles. The van der Waals surface area contributed by atoms with E-state index in [0.717, 1.165) is 25.3 Å². The topological polar surface area (TPSA) is 97.4 Å². The quantitative estimate of drug-likeness (QED) is 0.328. The summed E-state index contributed by atoms with van der Waals surface area (Å²) in [6.07, 6.45) is 4.88. The second-order valence-corrected chi connectivity index (χ2v) is 7.12. The van der Waals surface area contributed by atoms with Gasteiger partial charge < -0.3 is 10.6 Å². The lowest BCUT2D eigenvalue weighted by Crippen LogP contribution is -2.42. The number of aromatic nitrogens is 2. The van der Waals surface area contributed by atoms with Crippen molar-refractivity contribution in [1.29, 1.82) is 0 Å². The third-order valence-corrected chi connectivity index (χ3v) is 3.48. The minimum Gasteiger partial charge on any atom is -0.357 e. The van der Waals surface area contributed by atoms with Gasteiger partial charge >= 0.3 is 5.69 Å². The van der Waals surface area contributed by atoms with E-state index in [4.69, 9.17) is 0 Å². The standard InChI is InChI=1S/C16H30N6O2/c1-6-17-15(20-13(2)7-8-16(3,4)5)18-9-10-21-12-14(11-19-21)22(23)24/h11-13H,6-10H2,1-5H3,(H2,17,18,20). The first-order valence-electron chi connectivity index (χ1n) is 8.43. The Hall–Kier alpha value is -2.12. The van der Waals surface area contributed by atoms with Crippen LogP contribution in [-0.2, 0) is 6.54 Å². The van der Waals surface area contributed by atoms with Crippen LogP contribution in [-0.4, -0.2) is 39.8 Å². The van der Waals surface area contributed by atoms with Gasteiger partial charge in [-0.25, -0.2) is 0 Å². The van der Waals surface area contributed by atoms with Crippen LogP contribution in [0.15, 0.2) is 17.4 Å². The first-order valence-corrected chi connectivity index (χ1v) is 8.43. The van der Waals surface area contributed by atoms with Crippen LogP contribution in [0.4, 0.5) is 5.69 Å². The fourth-order valence-electron chi connectivity index (χ4n) is 2.11. The molecule has 136 valence electrons. The summed E-state index contributed by atoms with van der Waals surface area (Å²) in [6, 6.07) is 0.327. The smallest absolute Gasteiger partial charge is 0.306 e. The summed E-state index contributed by atoms with van der Waals surface area (Å²) in [4.78, 5) is 14.7. The molecule has 0 saturated carbocycles. The summed E-state index contributed by atoms with van der Waals surface area (Å²) in [5, 5.41) is 21.2. The van der Waals surface area contributed by atoms with Crippen molar-refractivity contribution in [2.24, 2.45) is 10.4 Å². The Morgan fingerprint density at radius 3 is 2.75 bits per heavy atom. The van der Waals surface area contributed by atoms with Gasteiger partial charge in [-0.1, -0.05) is 20.8 Å². The molecule has 0 aliphatic rings. The number of nitrogens with zero attached hydrogens (tertiary/aromatic N) is 4. The minimum atomic E-state index is -0.449. The van der Waals surface area contributed by atoms with E-state index < -0.39 is 4.92 Å². The van der Waals surface area contributed by atoms with E-state index in [2.05, 4.69) is 48.4 Å². The Morgan fingerprint density at radius 1 is 1.50 bits per heavy atom. The maximum absolute atomic E-state index is 10.6. The van der Waals surface area contributed by atoms with Gasteiger partial charge in [0.05, 0.1) is 18.0 Å². The molecule has 0 fully saturated rings. The van der Waals surface area contributed by atoms with Crippen molar-refractivity contribution in [3.8, 4) is 0 Å². The van der Waals surface area contributed by atoms with Crippen molar-refractivity contribution in [1.82, 2.24) is 20.4 Å². The monoisotopic (exact) mass is 338 g/mol. The van der Waals surface area contributed by atoms with E-state index in [9.17, 15) is 10.1 Å². The fraction of sp³-hybridized carbons (Fsp3) is 0.750. The number of hydrogen-bond acceptors (Lipinski definition) is 4. The maximum atomic E-state index is 10.6. The lowest BCUT2D eigenvalue weighted by atomic mass is 9.89. The molecule has 0 spiro atoms. The van der Waals surface area contributed by atoms with Crippen LogP contribution < -0.4 is 10.6 Å². The molecule has 1 unspecified atom stereocenters. The highest BCUT2D eigenvalue weighted by atomic mass is 16.6. The Balaban J connectivity index is 2.50. The van der Waals surface area contributed by atoms with Crippen molar-refractivity contribution in [3.05, 3.63) is 22.5 Å². The van der Waals surface area contributed by atoms with Crippen LogP contribution >= 0.6 is 0 Å². The lowest BCUT2D eigenvalue weighted by molar-refractivity contribution is -0.385. The van der Waals surface area contributed by atoms with Crippen LogP contribution in [0.25, 0.3) is 0 Å². The number of guanidine groups is 1. The van der Waals surface area contributed by atoms with Gasteiger partial charge in [-0.15, -0.1) is 0 Å². The van der Waals surface area contributed by atoms with E-state index in [1.165, 1.54) is 17.1 Å². The van der Waals surface area contributed by atoms with E-state index in [-0.39, 0.29) is 5.69 Å². The zero-order chi connectivity index (χ0) is 18.2. The minimum absolute atomic E-state index is 0.000172. The van der Waals surface area contributed by atoms with Crippen molar-refractivity contribution >= 4 is 11.6 Å². The molecule has 0 amide bonds. The third kappa shape index (κ3) is 7.94. The summed E-state index contributed by atoms with van der Waals surface area (Å²) in [7, 11) is 0. The molecule has 0 aliphatic heterocycles. The molecular weight excluding hydrogens is 308 g/mol. The Kier molecular flexibility index (Phi) is 7.67. The number of nitro groups is 1. The normalized spacial score (nSPS) is 13.6. The largest absolute Gasteiger partial charge is 0.357 e. The van der Waals surface area contributed by atoms with Crippen LogP contribution in [0.1, 0.15) is 47.5 Å². The molecule has 2 N–H and O–H groups in total. The molecule has 24 heavy (non-hydrogen) atoms. The first-order chi connectivity index (χ1) is 11.2. The average Bonchev–Trinajstić information content (AvgIpc) is 2.94. The molecular formula is C16H30N6O2. The van der Waals surface area contributed by atoms with E-state index in [1.807, 2.05) is 6.92 Å². The molecule has 0 saturated heterocycles. The van der Waals surface area contributed by atoms with Crippen molar-refractivity contribution in [2.75, 3.05) is 13.1 Å². The van der Waals surface area contributed by atoms with Crippen LogP contribution in [0, 0.1) is 15.5 Å². The van der Waals surface area contributed by atoms with Crippen molar-refractivity contribution < 1.29 is 4.92 Å². The summed E-state index contributed by atoms with van der Waals surface area (Å²) in [5.41, 5.74) is 0.320. The molecule has 8 heteroatoms. The van der Waals surface area contributed by atoms with Crippen molar-refractivity contribution in [3.63, 3.8) is 0 Å². The van der Waals surface area contributed by atoms with Crippen molar-refractivity contribution in [2.45, 2.75) is 60.0 Å². The fourth-order valence-corrected chi connectivity index (χ4v) is 2.11. The van der Waals surface area contributed by atoms with Gasteiger partial charge in [-0.3, -0.25) is 19.8 Å². The van der Waals surface area contributed by atoms with Gasteiger partial charge in [0.1, 0.15) is 12.4 Å². The van der Waals surface area contributed by atoms with Gasteiger partial charge in [0.2, 0.25) is 0 Å². The predicted molar refractivity (Wildman–Crippen MR) is 96.1 cm³/mol. The predicted octanol–water partition coefficient (Wildman–Crippen LogP) is 2.56. The second-order valence-electron chi connectivity index (χ2n) is 7.12. The van der Waals surface area contributed by atoms with E-state index >= 15 is 0 Å². The Labute approximate surface area is 143 Å². The molecule has 1 aromatic rings. The van der Waals surface area contributed by atoms with Crippen LogP contribution in [0.3, 0.4) is 0 Å². The number of rotatable bonds is 8. The Morgan fingerprint density at radius 2 is 2.21 bits per heavy atom. The first kappa shape index (κ1) is 19.9. The maximum Gasteiger partial charge on any atom is 0.306 e. The summed E-state index contributed by atoms with van der Waals surface area (Å²) in [6.45, 7) is 12.7. The summed E-state index contributed by atoms with van der Waals surface area (Å²) < 4.78 is 1.54. The van der Waals surface area contributed by atoms with Gasteiger partial charge in [0.25, 0.3) is 0 Å². The Bertz CT molecular complexity index is 547. The SMILES string of the molecule is CCNC(=NCCn1cc([N+](=O)[O-])cn1)NC(C)CCC(C)(C)C. The van der Waals surface area contributed by atoms with Gasteiger partial charge in [0, 0.05) is 12.6 Å². The molecule has 1 heterocycles. The highest BCUT2D eigenvalue weighted by molar-refractivity contribution is 5.80. The van der Waals surface area contributed by atoms with Gasteiger partial charge in [0.15, 0.2) is 5.96 Å². The van der Waals surface area contributed by atoms with Crippen LogP contribution in [0.5, 0.6) is 0 Å². The van der Waals surface area contributed by atoms with Crippen LogP contribution in [0.2, 0.25) is 0 Å². The molecule has 8 nitrogen and oxygen atoms in total. The molecule has 0 aromatic carbocycles. The second kappa shape index (κ2) is 9.24. The number of hydrogen-bond donors (Lipinski definition) is 2. The zero-order valence-electron chi connectivity index (χ0n) is 15.4. The zero-order valence-corrected chi connectivity index (χ0v) is 15.4. The average molecular weight is 338 g/mol. The summed E-state index contributed by atoms with van der Waals surface area (Å²) >= 11 is 0. The highest BCUT2D eigenvalue weighted by Crippen LogP contribution is 2.21. The molecule has 1 rings (SSSR count). The van der Waals surface area contributed by atoms with Gasteiger partial charge in [-0.2, -0.15) is 5.10 Å². The third-order valence-electron chi connectivity index (χ3n) is 3.48. The van der Waals surface area contributed by atoms with E-state index in [0.29, 0.717) is 24.5 Å². The molecule has 1 atom stereocenters. The highest BCUT2D eigenvalue weighted by Gasteiger charge is 2.13. The van der Waals surface area contributed by atoms with Gasteiger partial charge in [-0.05, 0) is 32.1 Å². The number of nitrogens with one attached hydrogen (secondary N) is 2. The molecule has 0 radical (unpaired) electrons. The lowest BCUT2D eigenvalue weighted by Gasteiger charge is -2.23.